The number of nitrogens with one attached hydrogen (secondary N) is 2. The summed E-state index contributed by atoms with van der Waals surface area (Å²) in [6.45, 7) is 3.88. The largest absolute Gasteiger partial charge is 0.388 e. The van der Waals surface area contributed by atoms with Crippen molar-refractivity contribution in [1.29, 1.82) is 0 Å². The highest BCUT2D eigenvalue weighted by atomic mass is 16.4. The van der Waals surface area contributed by atoms with Gasteiger partial charge in [-0.2, -0.15) is 0 Å². The number of fused-ring (bicyclic) bond motifs is 8. The SMILES string of the molecule is C=CCc1cc2cc3nc(cc4ccc(cc5nc(cc1[nH]2)C=C5)[nH]4)C=C3.COC. The molecule has 2 aliphatic rings. The van der Waals surface area contributed by atoms with Crippen LogP contribution in [0.3, 0.4) is 0 Å². The molecule has 0 spiro atoms. The maximum Gasteiger partial charge on any atom is 0.0658 e. The summed E-state index contributed by atoms with van der Waals surface area (Å²) in [5.74, 6) is 0. The van der Waals surface area contributed by atoms with Gasteiger partial charge in [0.1, 0.15) is 0 Å². The predicted molar refractivity (Wildman–Crippen MR) is 126 cm³/mol. The fraction of sp³-hybridized carbons (Fsp3) is 0.120. The van der Waals surface area contributed by atoms with Gasteiger partial charge in [-0.3, -0.25) is 0 Å². The molecule has 0 aliphatic carbocycles. The number of hydrogen-bond donors (Lipinski definition) is 2. The fourth-order valence-electron chi connectivity index (χ4n) is 3.40. The molecule has 8 bridgehead atoms. The molecule has 5 heterocycles. The van der Waals surface area contributed by atoms with Crippen molar-refractivity contribution in [2.24, 2.45) is 0 Å². The van der Waals surface area contributed by atoms with Crippen molar-refractivity contribution in [3.05, 3.63) is 83.5 Å². The maximum atomic E-state index is 4.71. The highest BCUT2D eigenvalue weighted by molar-refractivity contribution is 5.78. The van der Waals surface area contributed by atoms with E-state index < -0.39 is 0 Å². The lowest BCUT2D eigenvalue weighted by Crippen LogP contribution is -1.78. The van der Waals surface area contributed by atoms with Crippen LogP contribution in [0.4, 0.5) is 0 Å². The normalized spacial score (nSPS) is 11.8. The minimum absolute atomic E-state index is 0.800. The Morgan fingerprint density at radius 2 is 1.27 bits per heavy atom. The molecule has 30 heavy (non-hydrogen) atoms. The van der Waals surface area contributed by atoms with Gasteiger partial charge >= 0.3 is 0 Å². The Morgan fingerprint density at radius 1 is 0.767 bits per heavy atom. The van der Waals surface area contributed by atoms with E-state index in [2.05, 4.69) is 51.6 Å². The second-order valence-corrected chi connectivity index (χ2v) is 7.10. The van der Waals surface area contributed by atoms with E-state index in [1.165, 1.54) is 5.56 Å². The van der Waals surface area contributed by atoms with Crippen LogP contribution in [-0.4, -0.2) is 34.2 Å². The molecule has 0 saturated carbocycles. The Morgan fingerprint density at radius 3 is 1.80 bits per heavy atom. The van der Waals surface area contributed by atoms with E-state index in [1.807, 2.05) is 42.5 Å². The molecule has 150 valence electrons. The number of nitrogens with zero attached hydrogens (tertiary/aromatic N) is 2. The summed E-state index contributed by atoms with van der Waals surface area (Å²) in [5, 5.41) is 0. The first-order chi connectivity index (χ1) is 14.7. The third-order valence-corrected chi connectivity index (χ3v) is 4.62. The van der Waals surface area contributed by atoms with Crippen molar-refractivity contribution in [3.8, 4) is 0 Å². The van der Waals surface area contributed by atoms with Crippen LogP contribution in [0.15, 0.2) is 55.1 Å². The summed E-state index contributed by atoms with van der Waals surface area (Å²) in [6, 6.07) is 14.5. The van der Waals surface area contributed by atoms with E-state index in [1.54, 1.807) is 14.2 Å². The van der Waals surface area contributed by atoms with Crippen LogP contribution in [0.1, 0.15) is 28.3 Å². The van der Waals surface area contributed by atoms with Crippen LogP contribution < -0.4 is 0 Å². The average Bonchev–Trinajstić information content (AvgIpc) is 3.49. The standard InChI is InChI=1S/C23H18N4.C2H6O/c1-2-3-15-10-22-13-20-7-6-18(25-20)11-16-4-5-17(24-16)12-19-8-9-21(26-19)14-23(15)27-22;1-3-2/h2,4-14,24,27H,1,3H2;1-2H3. The Balaban J connectivity index is 0.000000687. The van der Waals surface area contributed by atoms with E-state index >= 15 is 0 Å². The molecule has 0 saturated heterocycles. The monoisotopic (exact) mass is 396 g/mol. The number of aromatic amines is 2. The Kier molecular flexibility index (Phi) is 5.72. The maximum absolute atomic E-state index is 4.71. The molecule has 0 amide bonds. The van der Waals surface area contributed by atoms with Gasteiger partial charge in [0.15, 0.2) is 0 Å². The Labute approximate surface area is 175 Å². The van der Waals surface area contributed by atoms with Gasteiger partial charge in [-0.15, -0.1) is 6.58 Å². The van der Waals surface area contributed by atoms with Crippen LogP contribution in [0, 0.1) is 0 Å². The first-order valence-electron chi connectivity index (χ1n) is 9.75. The smallest absolute Gasteiger partial charge is 0.0658 e. The molecule has 3 aromatic rings. The number of aromatic nitrogens is 4. The van der Waals surface area contributed by atoms with Crippen molar-refractivity contribution in [3.63, 3.8) is 0 Å². The zero-order valence-electron chi connectivity index (χ0n) is 17.1. The number of H-pyrrole nitrogens is 2. The van der Waals surface area contributed by atoms with Crippen molar-refractivity contribution in [2.45, 2.75) is 6.42 Å². The zero-order chi connectivity index (χ0) is 20.9. The van der Waals surface area contributed by atoms with Gasteiger partial charge in [0.2, 0.25) is 0 Å². The number of rotatable bonds is 2. The summed E-state index contributed by atoms with van der Waals surface area (Å²) < 4.78 is 4.25. The molecule has 0 radical (unpaired) electrons. The Bertz CT molecular complexity index is 1290. The molecule has 0 aromatic carbocycles. The summed E-state index contributed by atoms with van der Waals surface area (Å²) in [6.07, 6.45) is 10.8. The fourth-order valence-corrected chi connectivity index (χ4v) is 3.40. The average molecular weight is 396 g/mol. The third kappa shape index (κ3) is 4.47. The van der Waals surface area contributed by atoms with Crippen LogP contribution in [0.2, 0.25) is 0 Å². The molecule has 5 heteroatoms. The highest BCUT2D eigenvalue weighted by Crippen LogP contribution is 2.20. The summed E-state index contributed by atoms with van der Waals surface area (Å²) in [4.78, 5) is 16.3. The minimum atomic E-state index is 0.800. The van der Waals surface area contributed by atoms with Crippen molar-refractivity contribution in [1.82, 2.24) is 19.9 Å². The van der Waals surface area contributed by atoms with E-state index in [0.717, 1.165) is 51.3 Å². The van der Waals surface area contributed by atoms with E-state index in [4.69, 9.17) is 9.97 Å². The number of allylic oxidation sites excluding steroid dienone is 1. The second kappa shape index (κ2) is 8.76. The molecule has 0 unspecified atom stereocenters. The predicted octanol–water partition coefficient (Wildman–Crippen LogP) is 5.65. The van der Waals surface area contributed by atoms with Gasteiger partial charge in [-0.05, 0) is 78.8 Å². The van der Waals surface area contributed by atoms with Crippen molar-refractivity contribution >= 4 is 46.4 Å². The van der Waals surface area contributed by atoms with Gasteiger partial charge in [0, 0.05) is 36.3 Å². The molecule has 0 fully saturated rings. The number of hydrogen-bond acceptors (Lipinski definition) is 3. The molecular formula is C25H24N4O. The number of ether oxygens (including phenoxy) is 1. The zero-order valence-corrected chi connectivity index (χ0v) is 17.1. The summed E-state index contributed by atoms with van der Waals surface area (Å²) in [7, 11) is 3.25. The van der Waals surface area contributed by atoms with Crippen molar-refractivity contribution < 1.29 is 4.74 Å². The van der Waals surface area contributed by atoms with Gasteiger partial charge in [-0.1, -0.05) is 6.08 Å². The molecular weight excluding hydrogens is 372 g/mol. The lowest BCUT2D eigenvalue weighted by atomic mass is 10.2. The van der Waals surface area contributed by atoms with Gasteiger partial charge in [0.05, 0.1) is 22.8 Å². The van der Waals surface area contributed by atoms with Crippen LogP contribution in [0.25, 0.3) is 46.4 Å². The number of methoxy groups -OCH3 is 1. The molecule has 5 nitrogen and oxygen atoms in total. The quantitative estimate of drug-likeness (QED) is 0.379. The van der Waals surface area contributed by atoms with Gasteiger partial charge < -0.3 is 14.7 Å². The van der Waals surface area contributed by atoms with E-state index in [-0.39, 0.29) is 0 Å². The van der Waals surface area contributed by atoms with Crippen LogP contribution in [0.5, 0.6) is 0 Å². The molecule has 3 aromatic heterocycles. The van der Waals surface area contributed by atoms with Crippen LogP contribution >= 0.6 is 0 Å². The third-order valence-electron chi connectivity index (χ3n) is 4.62. The molecule has 5 rings (SSSR count). The molecule has 0 atom stereocenters. The van der Waals surface area contributed by atoms with Crippen molar-refractivity contribution in [2.75, 3.05) is 14.2 Å². The first-order valence-corrected chi connectivity index (χ1v) is 9.75. The second-order valence-electron chi connectivity index (χ2n) is 7.10. The van der Waals surface area contributed by atoms with E-state index in [9.17, 15) is 0 Å². The van der Waals surface area contributed by atoms with Crippen LogP contribution in [-0.2, 0) is 11.2 Å². The lowest BCUT2D eigenvalue weighted by molar-refractivity contribution is 0.277. The molecule has 2 N–H and O–H groups in total. The summed E-state index contributed by atoms with van der Waals surface area (Å²) >= 11 is 0. The lowest BCUT2D eigenvalue weighted by Gasteiger charge is -1.90. The Hall–Kier alpha value is -3.70. The molecule has 2 aliphatic heterocycles. The first kappa shape index (κ1) is 19.6. The van der Waals surface area contributed by atoms with E-state index in [0.29, 0.717) is 0 Å². The topological polar surface area (TPSA) is 66.6 Å². The minimum Gasteiger partial charge on any atom is -0.388 e. The van der Waals surface area contributed by atoms with Gasteiger partial charge in [-0.25, -0.2) is 9.97 Å². The highest BCUT2D eigenvalue weighted by Gasteiger charge is 2.04. The van der Waals surface area contributed by atoms with Gasteiger partial charge in [0.25, 0.3) is 0 Å². The summed E-state index contributed by atoms with van der Waals surface area (Å²) in [5.41, 5.74) is 9.03.